The van der Waals surface area contributed by atoms with E-state index >= 15 is 0 Å². The van der Waals surface area contributed by atoms with Crippen molar-refractivity contribution in [1.82, 2.24) is 10.2 Å². The number of hydrogen-bond acceptors (Lipinski definition) is 6. The van der Waals surface area contributed by atoms with Gasteiger partial charge in [0.25, 0.3) is 0 Å². The largest absolute Gasteiger partial charge is 0.496 e. The number of alkyl carbamates (subject to hydrolysis) is 1. The number of carboxylic acids is 1. The Morgan fingerprint density at radius 3 is 2.48 bits per heavy atom. The van der Waals surface area contributed by atoms with Crippen molar-refractivity contribution < 1.29 is 24.2 Å². The van der Waals surface area contributed by atoms with Gasteiger partial charge in [-0.2, -0.15) is 11.8 Å². The summed E-state index contributed by atoms with van der Waals surface area (Å²) in [6.07, 6.45) is -0.569. The Balaban J connectivity index is 0.00000420. The number of methoxy groups -OCH3 is 1. The van der Waals surface area contributed by atoms with Gasteiger partial charge in [-0.1, -0.05) is 12.1 Å². The summed E-state index contributed by atoms with van der Waals surface area (Å²) in [5, 5.41) is 12.0. The normalized spacial score (nSPS) is 15.7. The van der Waals surface area contributed by atoms with Gasteiger partial charge in [-0.25, -0.2) is 9.59 Å². The van der Waals surface area contributed by atoms with Gasteiger partial charge in [0.2, 0.25) is 0 Å². The lowest BCUT2D eigenvalue weighted by Crippen LogP contribution is -2.44. The third-order valence-corrected chi connectivity index (χ3v) is 5.21. The standard InChI is InChI=1S/C20H30N2O5S.ClH/c1-20(2,3)27-19(25)21-16(18(23)24)12-14-5-6-17(26-4)15(11-14)13-22-7-9-28-10-8-22;/h5-6,11,16H,7-10,12-13H2,1-4H3,(H,21,25)(H,23,24);1H. The number of halogens is 1. The van der Waals surface area contributed by atoms with Crippen LogP contribution >= 0.6 is 24.2 Å². The number of nitrogens with one attached hydrogen (secondary N) is 1. The van der Waals surface area contributed by atoms with E-state index in [1.165, 1.54) is 0 Å². The number of carbonyl (C=O) groups is 2. The number of amides is 1. The zero-order chi connectivity index (χ0) is 20.7. The fraction of sp³-hybridized carbons (Fsp3) is 0.600. The molecule has 2 rings (SSSR count). The number of ether oxygens (including phenoxy) is 2. The maximum absolute atomic E-state index is 12.0. The number of aliphatic carboxylic acids is 1. The predicted molar refractivity (Wildman–Crippen MR) is 117 cm³/mol. The molecule has 1 aliphatic heterocycles. The Kier molecular flexibility index (Phi) is 10.1. The van der Waals surface area contributed by atoms with Crippen LogP contribution in [0.25, 0.3) is 0 Å². The molecule has 164 valence electrons. The highest BCUT2D eigenvalue weighted by atomic mass is 35.5. The van der Waals surface area contributed by atoms with E-state index in [9.17, 15) is 14.7 Å². The molecule has 0 saturated carbocycles. The molecule has 1 amide bonds. The topological polar surface area (TPSA) is 88.1 Å². The van der Waals surface area contributed by atoms with E-state index in [2.05, 4.69) is 10.2 Å². The van der Waals surface area contributed by atoms with Crippen molar-refractivity contribution in [3.05, 3.63) is 29.3 Å². The van der Waals surface area contributed by atoms with Crippen molar-refractivity contribution in [3.8, 4) is 5.75 Å². The molecule has 1 atom stereocenters. The zero-order valence-corrected chi connectivity index (χ0v) is 19.0. The first kappa shape index (κ1) is 25.4. The van der Waals surface area contributed by atoms with Crippen molar-refractivity contribution in [2.45, 2.75) is 45.4 Å². The summed E-state index contributed by atoms with van der Waals surface area (Å²) in [6.45, 7) is 8.01. The van der Waals surface area contributed by atoms with Crippen molar-refractivity contribution in [3.63, 3.8) is 0 Å². The van der Waals surface area contributed by atoms with Crippen LogP contribution in [0.15, 0.2) is 18.2 Å². The molecular formula is C20H31ClN2O5S. The smallest absolute Gasteiger partial charge is 0.408 e. The first-order chi connectivity index (χ1) is 13.2. The summed E-state index contributed by atoms with van der Waals surface area (Å²) in [7, 11) is 1.63. The van der Waals surface area contributed by atoms with Crippen LogP contribution in [-0.2, 0) is 22.5 Å². The van der Waals surface area contributed by atoms with Crippen LogP contribution in [-0.4, -0.2) is 65.4 Å². The highest BCUT2D eigenvalue weighted by Crippen LogP contribution is 2.24. The number of thioether (sulfide) groups is 1. The van der Waals surface area contributed by atoms with Gasteiger partial charge in [0, 0.05) is 43.1 Å². The average molecular weight is 447 g/mol. The number of carboxylic acid groups (broad SMARTS) is 1. The number of benzene rings is 1. The summed E-state index contributed by atoms with van der Waals surface area (Å²) in [5.74, 6) is 1.91. The van der Waals surface area contributed by atoms with E-state index in [4.69, 9.17) is 9.47 Å². The van der Waals surface area contributed by atoms with Crippen molar-refractivity contribution >= 4 is 36.2 Å². The molecular weight excluding hydrogens is 416 g/mol. The second kappa shape index (κ2) is 11.5. The van der Waals surface area contributed by atoms with E-state index in [1.54, 1.807) is 27.9 Å². The second-order valence-electron chi connectivity index (χ2n) is 7.78. The van der Waals surface area contributed by atoms with E-state index in [1.807, 2.05) is 30.0 Å². The Labute approximate surface area is 182 Å². The summed E-state index contributed by atoms with van der Waals surface area (Å²) in [4.78, 5) is 26.0. The number of rotatable bonds is 7. The van der Waals surface area contributed by atoms with Crippen LogP contribution in [0.3, 0.4) is 0 Å². The van der Waals surface area contributed by atoms with Crippen LogP contribution in [0.2, 0.25) is 0 Å². The van der Waals surface area contributed by atoms with Crippen LogP contribution in [0.5, 0.6) is 5.75 Å². The van der Waals surface area contributed by atoms with Gasteiger partial charge >= 0.3 is 12.1 Å². The van der Waals surface area contributed by atoms with Gasteiger partial charge in [-0.05, 0) is 32.4 Å². The third-order valence-electron chi connectivity index (χ3n) is 4.27. The summed E-state index contributed by atoms with van der Waals surface area (Å²) in [6, 6.07) is 4.59. The van der Waals surface area contributed by atoms with E-state index in [0.717, 1.165) is 48.0 Å². The first-order valence-electron chi connectivity index (χ1n) is 9.36. The molecule has 1 heterocycles. The molecule has 1 unspecified atom stereocenters. The quantitative estimate of drug-likeness (QED) is 0.664. The molecule has 1 fully saturated rings. The zero-order valence-electron chi connectivity index (χ0n) is 17.4. The summed E-state index contributed by atoms with van der Waals surface area (Å²) in [5.41, 5.74) is 1.16. The van der Waals surface area contributed by atoms with Gasteiger partial charge in [0.15, 0.2) is 0 Å². The Hall–Kier alpha value is -1.64. The van der Waals surface area contributed by atoms with Crippen LogP contribution in [0, 0.1) is 0 Å². The lowest BCUT2D eigenvalue weighted by molar-refractivity contribution is -0.139. The van der Waals surface area contributed by atoms with E-state index in [0.29, 0.717) is 0 Å². The molecule has 1 aromatic rings. The maximum atomic E-state index is 12.0. The number of carbonyl (C=O) groups excluding carboxylic acids is 1. The minimum absolute atomic E-state index is 0. The molecule has 1 aromatic carbocycles. The van der Waals surface area contributed by atoms with Crippen molar-refractivity contribution in [1.29, 1.82) is 0 Å². The number of hydrogen-bond donors (Lipinski definition) is 2. The van der Waals surface area contributed by atoms with Gasteiger partial charge in [-0.15, -0.1) is 12.4 Å². The molecule has 0 spiro atoms. The molecule has 0 aliphatic carbocycles. The highest BCUT2D eigenvalue weighted by molar-refractivity contribution is 7.99. The SMILES string of the molecule is COc1ccc(CC(NC(=O)OC(C)(C)C)C(=O)O)cc1CN1CCSCC1.Cl. The van der Waals surface area contributed by atoms with E-state index in [-0.39, 0.29) is 18.8 Å². The molecule has 1 saturated heterocycles. The molecule has 29 heavy (non-hydrogen) atoms. The van der Waals surface area contributed by atoms with Crippen molar-refractivity contribution in [2.24, 2.45) is 0 Å². The molecule has 2 N–H and O–H groups in total. The number of nitrogens with zero attached hydrogens (tertiary/aromatic N) is 1. The van der Waals surface area contributed by atoms with E-state index < -0.39 is 23.7 Å². The first-order valence-corrected chi connectivity index (χ1v) is 10.5. The molecule has 0 radical (unpaired) electrons. The fourth-order valence-electron chi connectivity index (χ4n) is 2.97. The lowest BCUT2D eigenvalue weighted by atomic mass is 10.0. The monoisotopic (exact) mass is 446 g/mol. The van der Waals surface area contributed by atoms with Crippen LogP contribution < -0.4 is 10.1 Å². The van der Waals surface area contributed by atoms with Gasteiger partial charge in [0.1, 0.15) is 17.4 Å². The summed E-state index contributed by atoms with van der Waals surface area (Å²) < 4.78 is 10.7. The van der Waals surface area contributed by atoms with Crippen LogP contribution in [0.1, 0.15) is 31.9 Å². The molecule has 9 heteroatoms. The molecule has 0 aromatic heterocycles. The Morgan fingerprint density at radius 2 is 1.93 bits per heavy atom. The molecule has 0 bridgehead atoms. The predicted octanol–water partition coefficient (Wildman–Crippen LogP) is 3.19. The summed E-state index contributed by atoms with van der Waals surface area (Å²) >= 11 is 1.95. The Bertz CT molecular complexity index is 690. The van der Waals surface area contributed by atoms with Crippen LogP contribution in [0.4, 0.5) is 4.79 Å². The second-order valence-corrected chi connectivity index (χ2v) is 9.00. The Morgan fingerprint density at radius 1 is 1.28 bits per heavy atom. The highest BCUT2D eigenvalue weighted by Gasteiger charge is 2.24. The fourth-order valence-corrected chi connectivity index (χ4v) is 3.95. The third kappa shape index (κ3) is 8.72. The van der Waals surface area contributed by atoms with Crippen molar-refractivity contribution in [2.75, 3.05) is 31.7 Å². The van der Waals surface area contributed by atoms with Gasteiger partial charge < -0.3 is 19.9 Å². The lowest BCUT2D eigenvalue weighted by Gasteiger charge is -2.27. The van der Waals surface area contributed by atoms with Gasteiger partial charge in [-0.3, -0.25) is 4.90 Å². The minimum atomic E-state index is -1.10. The minimum Gasteiger partial charge on any atom is -0.496 e. The molecule has 7 nitrogen and oxygen atoms in total. The van der Waals surface area contributed by atoms with Gasteiger partial charge in [0.05, 0.1) is 7.11 Å². The average Bonchev–Trinajstić information content (AvgIpc) is 2.60. The molecule has 1 aliphatic rings. The maximum Gasteiger partial charge on any atom is 0.408 e.